The zero-order chi connectivity index (χ0) is 11.3. The predicted molar refractivity (Wildman–Crippen MR) is 55.1 cm³/mol. The van der Waals surface area contributed by atoms with E-state index < -0.39 is 11.6 Å². The summed E-state index contributed by atoms with van der Waals surface area (Å²) in [4.78, 5) is 11.1. The number of rotatable bonds is 4. The van der Waals surface area contributed by atoms with Crippen molar-refractivity contribution in [3.8, 4) is 0 Å². The van der Waals surface area contributed by atoms with Crippen LogP contribution in [0.15, 0.2) is 12.7 Å². The number of hydrogen-bond donors (Lipinski definition) is 2. The number of carbonyl (C=O) groups is 1. The molecular formula is C11H18O4. The van der Waals surface area contributed by atoms with Crippen LogP contribution in [0.2, 0.25) is 0 Å². The Morgan fingerprint density at radius 1 is 1.47 bits per heavy atom. The molecule has 0 heterocycles. The van der Waals surface area contributed by atoms with Gasteiger partial charge in [-0.15, -0.1) is 0 Å². The molecule has 1 fully saturated rings. The first-order valence-corrected chi connectivity index (χ1v) is 5.23. The van der Waals surface area contributed by atoms with Gasteiger partial charge in [0.15, 0.2) is 0 Å². The molecule has 1 rings (SSSR count). The normalized spacial score (nSPS) is 30.9. The highest BCUT2D eigenvalue weighted by Gasteiger charge is 2.37. The average Bonchev–Trinajstić information content (AvgIpc) is 2.30. The fraction of sp³-hybridized carbons (Fsp3) is 0.727. The van der Waals surface area contributed by atoms with Crippen molar-refractivity contribution in [1.29, 1.82) is 0 Å². The second-order valence-corrected chi connectivity index (χ2v) is 4.09. The average molecular weight is 214 g/mol. The molecule has 1 saturated carbocycles. The Morgan fingerprint density at radius 2 is 2.07 bits per heavy atom. The highest BCUT2D eigenvalue weighted by atomic mass is 16.6. The van der Waals surface area contributed by atoms with Gasteiger partial charge >= 0.3 is 5.97 Å². The van der Waals surface area contributed by atoms with E-state index in [9.17, 15) is 9.90 Å². The van der Waals surface area contributed by atoms with Gasteiger partial charge in [0.1, 0.15) is 5.60 Å². The second kappa shape index (κ2) is 5.28. The van der Waals surface area contributed by atoms with Crippen molar-refractivity contribution in [2.24, 2.45) is 5.92 Å². The molecule has 0 unspecified atom stereocenters. The molecule has 0 radical (unpaired) electrons. The molecule has 0 aromatic heterocycles. The lowest BCUT2D eigenvalue weighted by atomic mass is 9.79. The van der Waals surface area contributed by atoms with Gasteiger partial charge < -0.3 is 14.9 Å². The van der Waals surface area contributed by atoms with E-state index in [0.717, 1.165) is 18.9 Å². The van der Waals surface area contributed by atoms with Crippen LogP contribution in [-0.4, -0.2) is 35.0 Å². The Hall–Kier alpha value is -0.870. The van der Waals surface area contributed by atoms with Gasteiger partial charge in [-0.1, -0.05) is 6.58 Å². The zero-order valence-corrected chi connectivity index (χ0v) is 8.82. The highest BCUT2D eigenvalue weighted by Crippen LogP contribution is 2.34. The third-order valence-electron chi connectivity index (χ3n) is 3.05. The number of aliphatic hydroxyl groups excluding tert-OH is 2. The standard InChI is InChI=1S/C11H18O4/c1-2-10(14)15-11(8-13)5-3-9(7-12)4-6-11/h2,9,12-13H,1,3-8H2. The number of esters is 1. The van der Waals surface area contributed by atoms with Gasteiger partial charge in [-0.2, -0.15) is 0 Å². The summed E-state index contributed by atoms with van der Waals surface area (Å²) in [5, 5.41) is 18.2. The van der Waals surface area contributed by atoms with Gasteiger partial charge in [0.2, 0.25) is 0 Å². The molecule has 0 aliphatic heterocycles. The maximum atomic E-state index is 11.1. The van der Waals surface area contributed by atoms with Crippen LogP contribution >= 0.6 is 0 Å². The van der Waals surface area contributed by atoms with Crippen LogP contribution in [0.5, 0.6) is 0 Å². The lowest BCUT2D eigenvalue weighted by Crippen LogP contribution is -2.42. The molecule has 0 aromatic carbocycles. The summed E-state index contributed by atoms with van der Waals surface area (Å²) in [5.41, 5.74) is -0.753. The molecule has 0 spiro atoms. The summed E-state index contributed by atoms with van der Waals surface area (Å²) in [6.07, 6.45) is 3.88. The van der Waals surface area contributed by atoms with Crippen molar-refractivity contribution in [2.75, 3.05) is 13.2 Å². The Labute approximate surface area is 89.6 Å². The van der Waals surface area contributed by atoms with Gasteiger partial charge in [0, 0.05) is 12.7 Å². The summed E-state index contributed by atoms with van der Waals surface area (Å²) < 4.78 is 5.18. The van der Waals surface area contributed by atoms with Crippen molar-refractivity contribution in [2.45, 2.75) is 31.3 Å². The second-order valence-electron chi connectivity index (χ2n) is 4.09. The molecule has 0 saturated heterocycles. The molecule has 0 amide bonds. The van der Waals surface area contributed by atoms with Crippen LogP contribution in [0.25, 0.3) is 0 Å². The first-order chi connectivity index (χ1) is 7.15. The predicted octanol–water partition coefficient (Wildman–Crippen LogP) is 0.629. The smallest absolute Gasteiger partial charge is 0.330 e. The van der Waals surface area contributed by atoms with Crippen molar-refractivity contribution < 1.29 is 19.7 Å². The van der Waals surface area contributed by atoms with E-state index in [1.54, 1.807) is 0 Å². The molecule has 86 valence electrons. The molecule has 15 heavy (non-hydrogen) atoms. The molecule has 0 bridgehead atoms. The maximum Gasteiger partial charge on any atom is 0.330 e. The summed E-state index contributed by atoms with van der Waals surface area (Å²) in [6, 6.07) is 0. The monoisotopic (exact) mass is 214 g/mol. The molecule has 1 aliphatic rings. The molecule has 0 atom stereocenters. The van der Waals surface area contributed by atoms with Gasteiger partial charge in [-0.05, 0) is 31.6 Å². The number of ether oxygens (including phenoxy) is 1. The number of aliphatic hydroxyl groups is 2. The lowest BCUT2D eigenvalue weighted by Gasteiger charge is -2.37. The van der Waals surface area contributed by atoms with E-state index in [-0.39, 0.29) is 19.1 Å². The van der Waals surface area contributed by atoms with Crippen LogP contribution in [0.3, 0.4) is 0 Å². The van der Waals surface area contributed by atoms with E-state index >= 15 is 0 Å². The van der Waals surface area contributed by atoms with Gasteiger partial charge in [-0.25, -0.2) is 4.79 Å². The largest absolute Gasteiger partial charge is 0.453 e. The molecule has 0 aromatic rings. The Morgan fingerprint density at radius 3 is 2.47 bits per heavy atom. The van der Waals surface area contributed by atoms with Crippen LogP contribution in [-0.2, 0) is 9.53 Å². The highest BCUT2D eigenvalue weighted by molar-refractivity contribution is 5.81. The number of carbonyl (C=O) groups excluding carboxylic acids is 1. The minimum Gasteiger partial charge on any atom is -0.453 e. The SMILES string of the molecule is C=CC(=O)OC1(CO)CCC(CO)CC1. The van der Waals surface area contributed by atoms with E-state index in [1.165, 1.54) is 0 Å². The van der Waals surface area contributed by atoms with Crippen molar-refractivity contribution >= 4 is 5.97 Å². The summed E-state index contributed by atoms with van der Waals surface area (Å²) in [6.45, 7) is 3.33. The molecule has 4 nitrogen and oxygen atoms in total. The van der Waals surface area contributed by atoms with Gasteiger partial charge in [0.05, 0.1) is 6.61 Å². The van der Waals surface area contributed by atoms with E-state index in [2.05, 4.69) is 6.58 Å². The third-order valence-corrected chi connectivity index (χ3v) is 3.05. The Bertz CT molecular complexity index is 229. The van der Waals surface area contributed by atoms with E-state index in [4.69, 9.17) is 9.84 Å². The van der Waals surface area contributed by atoms with E-state index in [1.807, 2.05) is 0 Å². The summed E-state index contributed by atoms with van der Waals surface area (Å²) in [7, 11) is 0. The molecule has 4 heteroatoms. The van der Waals surface area contributed by atoms with Crippen LogP contribution < -0.4 is 0 Å². The van der Waals surface area contributed by atoms with Crippen LogP contribution in [0.4, 0.5) is 0 Å². The minimum atomic E-state index is -0.753. The van der Waals surface area contributed by atoms with Crippen molar-refractivity contribution in [3.05, 3.63) is 12.7 Å². The van der Waals surface area contributed by atoms with Crippen LogP contribution in [0.1, 0.15) is 25.7 Å². The maximum absolute atomic E-state index is 11.1. The topological polar surface area (TPSA) is 66.8 Å². The molecule has 1 aliphatic carbocycles. The zero-order valence-electron chi connectivity index (χ0n) is 8.82. The minimum absolute atomic E-state index is 0.162. The van der Waals surface area contributed by atoms with Crippen molar-refractivity contribution in [1.82, 2.24) is 0 Å². The lowest BCUT2D eigenvalue weighted by molar-refractivity contribution is -0.164. The molecule has 2 N–H and O–H groups in total. The van der Waals surface area contributed by atoms with Gasteiger partial charge in [-0.3, -0.25) is 0 Å². The summed E-state index contributed by atoms with van der Waals surface area (Å²) >= 11 is 0. The van der Waals surface area contributed by atoms with Crippen LogP contribution in [0, 0.1) is 5.92 Å². The fourth-order valence-corrected chi connectivity index (χ4v) is 1.93. The third kappa shape index (κ3) is 3.04. The van der Waals surface area contributed by atoms with E-state index in [0.29, 0.717) is 12.8 Å². The Balaban J connectivity index is 2.55. The first kappa shape index (κ1) is 12.2. The first-order valence-electron chi connectivity index (χ1n) is 5.23. The summed E-state index contributed by atoms with van der Waals surface area (Å²) in [5.74, 6) is -0.224. The van der Waals surface area contributed by atoms with Crippen molar-refractivity contribution in [3.63, 3.8) is 0 Å². The molecular weight excluding hydrogens is 196 g/mol. The van der Waals surface area contributed by atoms with Gasteiger partial charge in [0.25, 0.3) is 0 Å². The quantitative estimate of drug-likeness (QED) is 0.532. The number of hydrogen-bond acceptors (Lipinski definition) is 4. The fourth-order valence-electron chi connectivity index (χ4n) is 1.93. The Kier molecular flexibility index (Phi) is 4.29.